The minimum Gasteiger partial charge on any atom is -0.353 e. The third-order valence-electron chi connectivity index (χ3n) is 5.91. The molecule has 2 aliphatic rings. The van der Waals surface area contributed by atoms with E-state index in [2.05, 4.69) is 37.9 Å². The molecule has 1 fully saturated rings. The van der Waals surface area contributed by atoms with Crippen molar-refractivity contribution in [2.24, 2.45) is 0 Å². The molecule has 8 nitrogen and oxygen atoms in total. The second kappa shape index (κ2) is 6.44. The maximum Gasteiger partial charge on any atom is 0.254 e. The molecule has 1 saturated heterocycles. The van der Waals surface area contributed by atoms with Gasteiger partial charge in [0, 0.05) is 43.1 Å². The molecule has 0 atom stereocenters. The highest BCUT2D eigenvalue weighted by molar-refractivity contribution is 5.59. The second-order valence-corrected chi connectivity index (χ2v) is 7.52. The number of piperazine rings is 1. The first-order valence-corrected chi connectivity index (χ1v) is 9.75. The number of aryl methyl sites for hydroxylation is 3. The molecule has 0 radical (unpaired) electrons. The van der Waals surface area contributed by atoms with Crippen LogP contribution in [0.1, 0.15) is 34.5 Å². The van der Waals surface area contributed by atoms with E-state index in [0.29, 0.717) is 11.3 Å². The highest BCUT2D eigenvalue weighted by atomic mass is 15.4. The number of nitriles is 1. The summed E-state index contributed by atoms with van der Waals surface area (Å²) in [6.07, 6.45) is 4.75. The number of hydrogen-bond donors (Lipinski definition) is 0. The van der Waals surface area contributed by atoms with Crippen molar-refractivity contribution in [2.75, 3.05) is 36.0 Å². The Morgan fingerprint density at radius 2 is 1.82 bits per heavy atom. The van der Waals surface area contributed by atoms with Gasteiger partial charge in [0.1, 0.15) is 24.0 Å². The zero-order valence-electron chi connectivity index (χ0n) is 16.2. The van der Waals surface area contributed by atoms with Crippen molar-refractivity contribution < 1.29 is 0 Å². The monoisotopic (exact) mass is 374 g/mol. The number of pyridine rings is 1. The van der Waals surface area contributed by atoms with Gasteiger partial charge in [0.15, 0.2) is 0 Å². The van der Waals surface area contributed by atoms with Crippen molar-refractivity contribution in [3.63, 3.8) is 0 Å². The molecule has 0 bridgehead atoms. The lowest BCUT2D eigenvalue weighted by Gasteiger charge is -2.37. The molecule has 0 unspecified atom stereocenters. The van der Waals surface area contributed by atoms with Crippen LogP contribution in [0, 0.1) is 25.2 Å². The van der Waals surface area contributed by atoms with Crippen molar-refractivity contribution in [3.8, 4) is 6.07 Å². The van der Waals surface area contributed by atoms with E-state index in [1.54, 1.807) is 6.33 Å². The van der Waals surface area contributed by atoms with Gasteiger partial charge in [-0.3, -0.25) is 0 Å². The zero-order valence-corrected chi connectivity index (χ0v) is 16.2. The Balaban J connectivity index is 1.43. The summed E-state index contributed by atoms with van der Waals surface area (Å²) in [5, 5.41) is 14.0. The summed E-state index contributed by atoms with van der Waals surface area (Å²) in [7, 11) is 0. The molecule has 28 heavy (non-hydrogen) atoms. The standard InChI is InChI=1S/C20H22N8/c1-13-14(2)24-20-22-12-23-28(20)19(13)27-8-6-26(7-9-27)18-16(11-21)10-15-4-3-5-17(15)25-18/h10,12H,3-9H2,1-2H3. The van der Waals surface area contributed by atoms with E-state index in [9.17, 15) is 5.26 Å². The number of hydrogen-bond acceptors (Lipinski definition) is 7. The van der Waals surface area contributed by atoms with Gasteiger partial charge in [-0.05, 0) is 44.7 Å². The van der Waals surface area contributed by atoms with E-state index < -0.39 is 0 Å². The predicted molar refractivity (Wildman–Crippen MR) is 106 cm³/mol. The summed E-state index contributed by atoms with van der Waals surface area (Å²) in [5.74, 6) is 2.53. The highest BCUT2D eigenvalue weighted by Crippen LogP contribution is 2.29. The number of aromatic nitrogens is 5. The molecule has 0 amide bonds. The topological polar surface area (TPSA) is 86.2 Å². The summed E-state index contributed by atoms with van der Waals surface area (Å²) < 4.78 is 1.83. The van der Waals surface area contributed by atoms with Gasteiger partial charge >= 0.3 is 0 Å². The van der Waals surface area contributed by atoms with Crippen LogP contribution in [0.4, 0.5) is 11.6 Å². The number of nitrogens with zero attached hydrogens (tertiary/aromatic N) is 8. The van der Waals surface area contributed by atoms with E-state index in [1.807, 2.05) is 17.5 Å². The minimum atomic E-state index is 0.632. The molecule has 4 heterocycles. The molecule has 3 aromatic rings. The lowest BCUT2D eigenvalue weighted by Crippen LogP contribution is -2.48. The van der Waals surface area contributed by atoms with Gasteiger partial charge < -0.3 is 9.80 Å². The molecule has 5 rings (SSSR count). The van der Waals surface area contributed by atoms with Crippen molar-refractivity contribution in [3.05, 3.63) is 40.5 Å². The third kappa shape index (κ3) is 2.58. The maximum absolute atomic E-state index is 9.62. The van der Waals surface area contributed by atoms with Gasteiger partial charge in [-0.1, -0.05) is 0 Å². The van der Waals surface area contributed by atoms with Gasteiger partial charge in [-0.2, -0.15) is 19.9 Å². The summed E-state index contributed by atoms with van der Waals surface area (Å²) >= 11 is 0. The summed E-state index contributed by atoms with van der Waals surface area (Å²) in [5.41, 5.74) is 5.21. The second-order valence-electron chi connectivity index (χ2n) is 7.52. The molecule has 1 aliphatic heterocycles. The van der Waals surface area contributed by atoms with E-state index in [0.717, 1.165) is 68.3 Å². The Morgan fingerprint density at radius 3 is 2.61 bits per heavy atom. The molecule has 1 aliphatic carbocycles. The molecule has 0 aromatic carbocycles. The Labute approximate surface area is 163 Å². The fourth-order valence-electron chi connectivity index (χ4n) is 4.30. The van der Waals surface area contributed by atoms with Crippen LogP contribution in [0.15, 0.2) is 12.4 Å². The van der Waals surface area contributed by atoms with Gasteiger partial charge in [-0.25, -0.2) is 9.97 Å². The van der Waals surface area contributed by atoms with Crippen LogP contribution >= 0.6 is 0 Å². The van der Waals surface area contributed by atoms with E-state index in [4.69, 9.17) is 4.98 Å². The summed E-state index contributed by atoms with van der Waals surface area (Å²) in [4.78, 5) is 18.2. The van der Waals surface area contributed by atoms with Crippen LogP contribution in [0.2, 0.25) is 0 Å². The van der Waals surface area contributed by atoms with Crippen molar-refractivity contribution in [1.82, 2.24) is 24.6 Å². The van der Waals surface area contributed by atoms with Gasteiger partial charge in [0.2, 0.25) is 0 Å². The summed E-state index contributed by atoms with van der Waals surface area (Å²) in [6, 6.07) is 4.40. The van der Waals surface area contributed by atoms with E-state index in [-0.39, 0.29) is 0 Å². The predicted octanol–water partition coefficient (Wildman–Crippen LogP) is 1.82. The maximum atomic E-state index is 9.62. The van der Waals surface area contributed by atoms with Crippen LogP contribution in [0.25, 0.3) is 5.78 Å². The average Bonchev–Trinajstić information content (AvgIpc) is 3.36. The smallest absolute Gasteiger partial charge is 0.254 e. The lowest BCUT2D eigenvalue weighted by molar-refractivity contribution is 0.629. The van der Waals surface area contributed by atoms with Gasteiger partial charge in [0.25, 0.3) is 5.78 Å². The molecule has 0 saturated carbocycles. The van der Waals surface area contributed by atoms with E-state index in [1.165, 1.54) is 11.3 Å². The molecule has 3 aromatic heterocycles. The Bertz CT molecular complexity index is 1100. The van der Waals surface area contributed by atoms with Crippen LogP contribution < -0.4 is 9.80 Å². The highest BCUT2D eigenvalue weighted by Gasteiger charge is 2.26. The average molecular weight is 374 g/mol. The van der Waals surface area contributed by atoms with E-state index >= 15 is 0 Å². The molecular weight excluding hydrogens is 352 g/mol. The first kappa shape index (κ1) is 16.9. The zero-order chi connectivity index (χ0) is 19.3. The van der Waals surface area contributed by atoms with Crippen LogP contribution in [0.5, 0.6) is 0 Å². The Morgan fingerprint density at radius 1 is 1.04 bits per heavy atom. The SMILES string of the molecule is Cc1nc2ncnn2c(N2CCN(c3nc4c(cc3C#N)CCC4)CC2)c1C. The molecule has 8 heteroatoms. The van der Waals surface area contributed by atoms with Crippen molar-refractivity contribution >= 4 is 17.4 Å². The first-order valence-electron chi connectivity index (χ1n) is 9.75. The van der Waals surface area contributed by atoms with Crippen LogP contribution in [0.3, 0.4) is 0 Å². The normalized spacial score (nSPS) is 16.5. The van der Waals surface area contributed by atoms with Crippen molar-refractivity contribution in [2.45, 2.75) is 33.1 Å². The quantitative estimate of drug-likeness (QED) is 0.676. The van der Waals surface area contributed by atoms with Gasteiger partial charge in [0.05, 0.1) is 5.56 Å². The fraction of sp³-hybridized carbons (Fsp3) is 0.450. The Kier molecular flexibility index (Phi) is 3.90. The molecule has 0 N–H and O–H groups in total. The minimum absolute atomic E-state index is 0.632. The van der Waals surface area contributed by atoms with Crippen LogP contribution in [-0.4, -0.2) is 50.7 Å². The first-order chi connectivity index (χ1) is 13.7. The van der Waals surface area contributed by atoms with Crippen LogP contribution in [-0.2, 0) is 12.8 Å². The molecular formula is C20H22N8. The van der Waals surface area contributed by atoms with Gasteiger partial charge in [-0.15, -0.1) is 0 Å². The number of anilines is 2. The lowest BCUT2D eigenvalue weighted by atomic mass is 10.1. The number of fused-ring (bicyclic) bond motifs is 2. The fourth-order valence-corrected chi connectivity index (χ4v) is 4.30. The largest absolute Gasteiger partial charge is 0.353 e. The third-order valence-corrected chi connectivity index (χ3v) is 5.91. The molecule has 142 valence electrons. The summed E-state index contributed by atoms with van der Waals surface area (Å²) in [6.45, 7) is 7.40. The Hall–Kier alpha value is -3.21. The molecule has 0 spiro atoms. The van der Waals surface area contributed by atoms with Crippen molar-refractivity contribution in [1.29, 1.82) is 5.26 Å². The number of rotatable bonds is 2.